The number of nitro benzene ring substituents is 1. The molecule has 29 heavy (non-hydrogen) atoms. The van der Waals surface area contributed by atoms with Crippen molar-refractivity contribution in [2.75, 3.05) is 11.9 Å². The quantitative estimate of drug-likeness (QED) is 0.480. The molecular formula is C19H18N4O6. The lowest BCUT2D eigenvalue weighted by Gasteiger charge is -2.10. The van der Waals surface area contributed by atoms with Gasteiger partial charge in [-0.1, -0.05) is 12.1 Å². The van der Waals surface area contributed by atoms with Crippen molar-refractivity contribution in [2.24, 2.45) is 5.92 Å². The predicted molar refractivity (Wildman–Crippen MR) is 102 cm³/mol. The Kier molecular flexibility index (Phi) is 6.03. The van der Waals surface area contributed by atoms with Gasteiger partial charge < -0.3 is 10.1 Å². The fraction of sp³-hybridized carbons (Fsp3) is 0.211. The molecule has 10 nitrogen and oxygen atoms in total. The number of ether oxygens (including phenoxy) is 1. The Morgan fingerprint density at radius 2 is 1.83 bits per heavy atom. The fourth-order valence-electron chi connectivity index (χ4n) is 2.40. The molecule has 2 aromatic carbocycles. The lowest BCUT2D eigenvalue weighted by Crippen LogP contribution is -2.43. The van der Waals surface area contributed by atoms with Crippen LogP contribution in [0.25, 0.3) is 0 Å². The summed E-state index contributed by atoms with van der Waals surface area (Å²) < 4.78 is 5.35. The summed E-state index contributed by atoms with van der Waals surface area (Å²) in [5, 5.41) is 13.5. The molecule has 0 radical (unpaired) electrons. The maximum atomic E-state index is 12.0. The molecule has 1 aliphatic carbocycles. The first-order valence-electron chi connectivity index (χ1n) is 8.80. The van der Waals surface area contributed by atoms with Crippen molar-refractivity contribution in [3.05, 3.63) is 64.2 Å². The fourth-order valence-corrected chi connectivity index (χ4v) is 2.40. The zero-order valence-electron chi connectivity index (χ0n) is 15.2. The van der Waals surface area contributed by atoms with Gasteiger partial charge in [0.2, 0.25) is 5.91 Å². The van der Waals surface area contributed by atoms with Crippen molar-refractivity contribution in [3.63, 3.8) is 0 Å². The van der Waals surface area contributed by atoms with E-state index in [2.05, 4.69) is 16.2 Å². The van der Waals surface area contributed by atoms with Crippen LogP contribution in [-0.4, -0.2) is 29.3 Å². The number of hydrogen-bond donors (Lipinski definition) is 3. The van der Waals surface area contributed by atoms with Crippen LogP contribution in [0.5, 0.6) is 5.75 Å². The van der Waals surface area contributed by atoms with E-state index in [1.807, 2.05) is 0 Å². The maximum Gasteiger partial charge on any atom is 0.276 e. The number of hydrogen-bond acceptors (Lipinski definition) is 6. The van der Waals surface area contributed by atoms with E-state index in [9.17, 15) is 24.5 Å². The molecule has 1 fully saturated rings. The van der Waals surface area contributed by atoms with Crippen LogP contribution in [0, 0.1) is 16.0 Å². The molecule has 150 valence electrons. The number of rotatable bonds is 7. The second-order valence-corrected chi connectivity index (χ2v) is 6.39. The minimum atomic E-state index is -0.702. The molecule has 3 rings (SSSR count). The van der Waals surface area contributed by atoms with Crippen LogP contribution >= 0.6 is 0 Å². The molecule has 0 aliphatic heterocycles. The summed E-state index contributed by atoms with van der Waals surface area (Å²) in [6.07, 6.45) is 1.79. The number of non-ortho nitro benzene ring substituents is 1. The Labute approximate surface area is 165 Å². The van der Waals surface area contributed by atoms with Gasteiger partial charge in [-0.2, -0.15) is 0 Å². The van der Waals surface area contributed by atoms with Crippen LogP contribution in [-0.2, 0) is 9.59 Å². The average Bonchev–Trinajstić information content (AvgIpc) is 3.56. The molecule has 0 heterocycles. The van der Waals surface area contributed by atoms with Gasteiger partial charge in [0.1, 0.15) is 5.75 Å². The van der Waals surface area contributed by atoms with Gasteiger partial charge >= 0.3 is 0 Å². The Morgan fingerprint density at radius 1 is 1.07 bits per heavy atom. The van der Waals surface area contributed by atoms with Crippen LogP contribution in [0.1, 0.15) is 23.2 Å². The Balaban J connectivity index is 1.46. The van der Waals surface area contributed by atoms with Crippen molar-refractivity contribution in [1.82, 2.24) is 10.9 Å². The van der Waals surface area contributed by atoms with E-state index in [0.717, 1.165) is 18.9 Å². The van der Waals surface area contributed by atoms with Gasteiger partial charge in [0.25, 0.3) is 17.5 Å². The molecule has 3 N–H and O–H groups in total. The van der Waals surface area contributed by atoms with E-state index in [4.69, 9.17) is 4.74 Å². The molecule has 0 saturated heterocycles. The topological polar surface area (TPSA) is 140 Å². The third-order valence-electron chi connectivity index (χ3n) is 4.05. The minimum absolute atomic E-state index is 0.0273. The van der Waals surface area contributed by atoms with Crippen molar-refractivity contribution in [2.45, 2.75) is 12.8 Å². The maximum absolute atomic E-state index is 12.0. The van der Waals surface area contributed by atoms with E-state index in [1.54, 1.807) is 24.3 Å². The number of nitrogens with zero attached hydrogens (tertiary/aromatic N) is 1. The first-order valence-corrected chi connectivity index (χ1v) is 8.80. The van der Waals surface area contributed by atoms with E-state index < -0.39 is 16.7 Å². The molecule has 2 aromatic rings. The summed E-state index contributed by atoms with van der Waals surface area (Å²) in [7, 11) is 0. The second kappa shape index (κ2) is 8.83. The first-order chi connectivity index (χ1) is 13.9. The molecule has 0 bridgehead atoms. The summed E-state index contributed by atoms with van der Waals surface area (Å²) in [6.45, 7) is -0.380. The van der Waals surface area contributed by atoms with Crippen LogP contribution in [0.2, 0.25) is 0 Å². The summed E-state index contributed by atoms with van der Waals surface area (Å²) >= 11 is 0. The van der Waals surface area contributed by atoms with Crippen LogP contribution in [0.4, 0.5) is 11.4 Å². The minimum Gasteiger partial charge on any atom is -0.484 e. The molecular weight excluding hydrogens is 380 g/mol. The number of nitro groups is 1. The van der Waals surface area contributed by atoms with Gasteiger partial charge in [0, 0.05) is 35.4 Å². The lowest BCUT2D eigenvalue weighted by atomic mass is 10.2. The highest BCUT2D eigenvalue weighted by molar-refractivity contribution is 5.96. The summed E-state index contributed by atoms with van der Waals surface area (Å²) in [6, 6.07) is 11.7. The molecule has 0 aromatic heterocycles. The summed E-state index contributed by atoms with van der Waals surface area (Å²) in [5.41, 5.74) is 4.69. The van der Waals surface area contributed by atoms with Crippen molar-refractivity contribution < 1.29 is 24.0 Å². The predicted octanol–water partition coefficient (Wildman–Crippen LogP) is 1.78. The Morgan fingerprint density at radius 3 is 2.55 bits per heavy atom. The Bertz CT molecular complexity index is 957. The number of carbonyl (C=O) groups excluding carboxylic acids is 3. The standard InChI is InChI=1S/C19H18N4O6/c24-17(21-22-19(26)13-3-1-5-15(9-13)23(27)28)11-29-16-6-2-4-14(10-16)20-18(25)12-7-8-12/h1-6,9-10,12H,7-8,11H2,(H,20,25)(H,21,24)(H,22,26). The van der Waals surface area contributed by atoms with Gasteiger partial charge in [-0.15, -0.1) is 0 Å². The molecule has 1 aliphatic rings. The number of anilines is 1. The number of nitrogens with one attached hydrogen (secondary N) is 3. The highest BCUT2D eigenvalue weighted by Crippen LogP contribution is 2.30. The third-order valence-corrected chi connectivity index (χ3v) is 4.05. The van der Waals surface area contributed by atoms with Crippen molar-refractivity contribution in [3.8, 4) is 5.75 Å². The van der Waals surface area contributed by atoms with Crippen LogP contribution in [0.15, 0.2) is 48.5 Å². The van der Waals surface area contributed by atoms with Gasteiger partial charge in [-0.05, 0) is 31.0 Å². The SMILES string of the molecule is O=C(COc1cccc(NC(=O)C2CC2)c1)NNC(=O)c1cccc([N+](=O)[O-])c1. The number of carbonyl (C=O) groups is 3. The molecule has 10 heteroatoms. The zero-order valence-corrected chi connectivity index (χ0v) is 15.2. The van der Waals surface area contributed by atoms with Crippen molar-refractivity contribution in [1.29, 1.82) is 0 Å². The Hall–Kier alpha value is -3.95. The van der Waals surface area contributed by atoms with Crippen molar-refractivity contribution >= 4 is 29.1 Å². The van der Waals surface area contributed by atoms with E-state index in [1.165, 1.54) is 18.2 Å². The van der Waals surface area contributed by atoms with E-state index >= 15 is 0 Å². The smallest absolute Gasteiger partial charge is 0.276 e. The second-order valence-electron chi connectivity index (χ2n) is 6.39. The number of hydrazine groups is 1. The number of benzene rings is 2. The lowest BCUT2D eigenvalue weighted by molar-refractivity contribution is -0.384. The molecule has 1 saturated carbocycles. The zero-order chi connectivity index (χ0) is 20.8. The number of amides is 3. The molecule has 3 amide bonds. The van der Waals surface area contributed by atoms with Crippen LogP contribution in [0.3, 0.4) is 0 Å². The highest BCUT2D eigenvalue weighted by Gasteiger charge is 2.29. The molecule has 0 spiro atoms. The third kappa shape index (κ3) is 5.76. The van der Waals surface area contributed by atoms with Gasteiger partial charge in [0.15, 0.2) is 6.61 Å². The monoisotopic (exact) mass is 398 g/mol. The summed E-state index contributed by atoms with van der Waals surface area (Å²) in [5.74, 6) is -0.925. The van der Waals surface area contributed by atoms with Gasteiger partial charge in [-0.3, -0.25) is 35.3 Å². The molecule has 0 unspecified atom stereocenters. The highest BCUT2D eigenvalue weighted by atomic mass is 16.6. The van der Waals surface area contributed by atoms with Gasteiger partial charge in [-0.25, -0.2) is 0 Å². The van der Waals surface area contributed by atoms with E-state index in [0.29, 0.717) is 11.4 Å². The average molecular weight is 398 g/mol. The van der Waals surface area contributed by atoms with Crippen LogP contribution < -0.4 is 20.9 Å². The largest absolute Gasteiger partial charge is 0.484 e. The van der Waals surface area contributed by atoms with Gasteiger partial charge in [0.05, 0.1) is 4.92 Å². The summed E-state index contributed by atoms with van der Waals surface area (Å²) in [4.78, 5) is 45.7. The molecule has 0 atom stereocenters. The van der Waals surface area contributed by atoms with E-state index in [-0.39, 0.29) is 29.7 Å². The normalized spacial score (nSPS) is 12.6. The first kappa shape index (κ1) is 19.8.